The summed E-state index contributed by atoms with van der Waals surface area (Å²) < 4.78 is 6.94. The van der Waals surface area contributed by atoms with E-state index in [1.165, 1.54) is 0 Å². The summed E-state index contributed by atoms with van der Waals surface area (Å²) in [6.45, 7) is 1.04. The lowest BCUT2D eigenvalue weighted by Crippen LogP contribution is -2.18. The number of aryl methyl sites for hydroxylation is 1. The molecule has 66 valence electrons. The Bertz CT molecular complexity index is 272. The van der Waals surface area contributed by atoms with Crippen molar-refractivity contribution in [2.75, 3.05) is 13.2 Å². The first-order valence-electron chi connectivity index (χ1n) is 4.03. The smallest absolute Gasteiger partial charge is 0.0879 e. The summed E-state index contributed by atoms with van der Waals surface area (Å²) in [5.41, 5.74) is 1.04. The second kappa shape index (κ2) is 2.88. The average Bonchev–Trinajstić information content (AvgIpc) is 2.59. The Labute approximate surface area is 70.8 Å². The highest BCUT2D eigenvalue weighted by Gasteiger charge is 2.29. The van der Waals surface area contributed by atoms with E-state index in [0.717, 1.165) is 5.69 Å². The summed E-state index contributed by atoms with van der Waals surface area (Å²) in [7, 11) is 1.88. The number of aromatic nitrogens is 2. The molecule has 1 fully saturated rings. The number of hydrogen-bond donors (Lipinski definition) is 1. The third-order valence-electron chi connectivity index (χ3n) is 2.29. The summed E-state index contributed by atoms with van der Waals surface area (Å²) in [4.78, 5) is 0. The normalized spacial score (nSPS) is 29.5. The molecule has 0 aromatic carbocycles. The van der Waals surface area contributed by atoms with Crippen LogP contribution in [0.4, 0.5) is 0 Å². The molecule has 2 heterocycles. The first kappa shape index (κ1) is 7.76. The van der Waals surface area contributed by atoms with Gasteiger partial charge in [0.1, 0.15) is 0 Å². The lowest BCUT2D eigenvalue weighted by atomic mass is 10.0. The minimum Gasteiger partial charge on any atom is -0.390 e. The fourth-order valence-electron chi connectivity index (χ4n) is 1.57. The van der Waals surface area contributed by atoms with Crippen LogP contribution in [-0.2, 0) is 11.8 Å². The van der Waals surface area contributed by atoms with Crippen molar-refractivity contribution in [3.8, 4) is 0 Å². The molecule has 1 N–H and O–H groups in total. The lowest BCUT2D eigenvalue weighted by molar-refractivity contribution is 0.124. The topological polar surface area (TPSA) is 47.3 Å². The van der Waals surface area contributed by atoms with Crippen LogP contribution in [0.25, 0.3) is 0 Å². The maximum Gasteiger partial charge on any atom is 0.0879 e. The molecular weight excluding hydrogens is 156 g/mol. The van der Waals surface area contributed by atoms with Crippen LogP contribution in [0.1, 0.15) is 11.6 Å². The summed E-state index contributed by atoms with van der Waals surface area (Å²) >= 11 is 0. The molecule has 0 spiro atoms. The first-order valence-corrected chi connectivity index (χ1v) is 4.03. The Morgan fingerprint density at radius 1 is 1.67 bits per heavy atom. The molecule has 1 saturated heterocycles. The van der Waals surface area contributed by atoms with Crippen LogP contribution < -0.4 is 0 Å². The Morgan fingerprint density at radius 2 is 2.50 bits per heavy atom. The highest BCUT2D eigenvalue weighted by atomic mass is 16.5. The van der Waals surface area contributed by atoms with E-state index in [2.05, 4.69) is 5.10 Å². The molecule has 0 aliphatic carbocycles. The largest absolute Gasteiger partial charge is 0.390 e. The Hall–Kier alpha value is -0.870. The van der Waals surface area contributed by atoms with Gasteiger partial charge in [-0.05, 0) is 6.07 Å². The van der Waals surface area contributed by atoms with Crippen LogP contribution in [0.15, 0.2) is 12.3 Å². The van der Waals surface area contributed by atoms with E-state index < -0.39 is 0 Å². The average molecular weight is 168 g/mol. The predicted octanol–water partition coefficient (Wildman–Crippen LogP) is -0.105. The number of ether oxygens (including phenoxy) is 1. The molecule has 2 unspecified atom stereocenters. The number of nitrogens with zero attached hydrogens (tertiary/aromatic N) is 2. The maximum absolute atomic E-state index is 9.52. The SMILES string of the molecule is Cn1nccc1C1COCC1O. The van der Waals surface area contributed by atoms with Crippen LogP contribution in [0.3, 0.4) is 0 Å². The van der Waals surface area contributed by atoms with Crippen molar-refractivity contribution in [3.05, 3.63) is 18.0 Å². The van der Waals surface area contributed by atoms with E-state index in [-0.39, 0.29) is 12.0 Å². The van der Waals surface area contributed by atoms with Gasteiger partial charge in [0.05, 0.1) is 25.2 Å². The van der Waals surface area contributed by atoms with E-state index in [9.17, 15) is 5.11 Å². The van der Waals surface area contributed by atoms with E-state index in [4.69, 9.17) is 4.74 Å². The zero-order valence-corrected chi connectivity index (χ0v) is 6.97. The third-order valence-corrected chi connectivity index (χ3v) is 2.29. The second-order valence-corrected chi connectivity index (χ2v) is 3.09. The number of rotatable bonds is 1. The highest BCUT2D eigenvalue weighted by Crippen LogP contribution is 2.24. The Balaban J connectivity index is 2.24. The van der Waals surface area contributed by atoms with Crippen LogP contribution in [-0.4, -0.2) is 34.2 Å². The molecule has 0 radical (unpaired) electrons. The fraction of sp³-hybridized carbons (Fsp3) is 0.625. The van der Waals surface area contributed by atoms with Gasteiger partial charge in [0.15, 0.2) is 0 Å². The standard InChI is InChI=1S/C8H12N2O2/c1-10-7(2-3-9-10)6-4-12-5-8(6)11/h2-3,6,8,11H,4-5H2,1H3. The van der Waals surface area contributed by atoms with E-state index in [1.807, 2.05) is 13.1 Å². The van der Waals surface area contributed by atoms with Crippen molar-refractivity contribution in [3.63, 3.8) is 0 Å². The first-order chi connectivity index (χ1) is 5.79. The summed E-state index contributed by atoms with van der Waals surface area (Å²) in [6, 6.07) is 1.92. The summed E-state index contributed by atoms with van der Waals surface area (Å²) in [6.07, 6.45) is 1.36. The van der Waals surface area contributed by atoms with Gasteiger partial charge in [0.25, 0.3) is 0 Å². The van der Waals surface area contributed by atoms with Gasteiger partial charge in [0.2, 0.25) is 0 Å². The Morgan fingerprint density at radius 3 is 3.00 bits per heavy atom. The third kappa shape index (κ3) is 1.13. The zero-order chi connectivity index (χ0) is 8.55. The molecule has 2 atom stereocenters. The van der Waals surface area contributed by atoms with Crippen molar-refractivity contribution in [2.24, 2.45) is 7.05 Å². The van der Waals surface area contributed by atoms with Gasteiger partial charge in [-0.25, -0.2) is 0 Å². The van der Waals surface area contributed by atoms with Crippen LogP contribution in [0, 0.1) is 0 Å². The van der Waals surface area contributed by atoms with Gasteiger partial charge in [-0.15, -0.1) is 0 Å². The second-order valence-electron chi connectivity index (χ2n) is 3.09. The molecule has 1 aliphatic rings. The van der Waals surface area contributed by atoms with Gasteiger partial charge in [-0.1, -0.05) is 0 Å². The van der Waals surface area contributed by atoms with Gasteiger partial charge in [-0.2, -0.15) is 5.10 Å². The lowest BCUT2D eigenvalue weighted by Gasteiger charge is -2.11. The summed E-state index contributed by atoms with van der Waals surface area (Å²) in [5, 5.41) is 13.6. The molecule has 1 aromatic heterocycles. The summed E-state index contributed by atoms with van der Waals surface area (Å²) in [5.74, 6) is 0.0949. The monoisotopic (exact) mass is 168 g/mol. The molecular formula is C8H12N2O2. The fourth-order valence-corrected chi connectivity index (χ4v) is 1.57. The van der Waals surface area contributed by atoms with Crippen molar-refractivity contribution in [1.29, 1.82) is 0 Å². The molecule has 4 heteroatoms. The molecule has 2 rings (SSSR count). The minimum atomic E-state index is -0.375. The molecule has 1 aliphatic heterocycles. The van der Waals surface area contributed by atoms with E-state index >= 15 is 0 Å². The molecule has 0 bridgehead atoms. The van der Waals surface area contributed by atoms with E-state index in [1.54, 1.807) is 10.9 Å². The van der Waals surface area contributed by atoms with Crippen LogP contribution in [0.5, 0.6) is 0 Å². The minimum absolute atomic E-state index is 0.0949. The highest BCUT2D eigenvalue weighted by molar-refractivity contribution is 5.11. The van der Waals surface area contributed by atoms with Crippen molar-refractivity contribution in [1.82, 2.24) is 9.78 Å². The number of aliphatic hydroxyl groups excluding tert-OH is 1. The molecule has 4 nitrogen and oxygen atoms in total. The van der Waals surface area contributed by atoms with Crippen LogP contribution in [0.2, 0.25) is 0 Å². The van der Waals surface area contributed by atoms with Crippen molar-refractivity contribution in [2.45, 2.75) is 12.0 Å². The molecule has 0 amide bonds. The molecule has 12 heavy (non-hydrogen) atoms. The number of aliphatic hydroxyl groups is 1. The van der Waals surface area contributed by atoms with Gasteiger partial charge in [-0.3, -0.25) is 4.68 Å². The van der Waals surface area contributed by atoms with Gasteiger partial charge in [0, 0.05) is 18.9 Å². The maximum atomic E-state index is 9.52. The Kier molecular flexibility index (Phi) is 1.86. The van der Waals surface area contributed by atoms with Gasteiger partial charge >= 0.3 is 0 Å². The van der Waals surface area contributed by atoms with Gasteiger partial charge < -0.3 is 9.84 Å². The van der Waals surface area contributed by atoms with Crippen molar-refractivity contribution < 1.29 is 9.84 Å². The zero-order valence-electron chi connectivity index (χ0n) is 6.97. The predicted molar refractivity (Wildman–Crippen MR) is 42.8 cm³/mol. The molecule has 1 aromatic rings. The van der Waals surface area contributed by atoms with Crippen LogP contribution >= 0.6 is 0 Å². The van der Waals surface area contributed by atoms with E-state index in [0.29, 0.717) is 13.2 Å². The quantitative estimate of drug-likeness (QED) is 0.636. The molecule has 0 saturated carbocycles. The number of hydrogen-bond acceptors (Lipinski definition) is 3. The van der Waals surface area contributed by atoms with Crippen molar-refractivity contribution >= 4 is 0 Å².